The fourth-order valence-electron chi connectivity index (χ4n) is 0.652. The van der Waals surface area contributed by atoms with Gasteiger partial charge in [-0.05, 0) is 11.6 Å². The number of hydrogen-bond donors (Lipinski definition) is 0. The van der Waals surface area contributed by atoms with Gasteiger partial charge in [-0.25, -0.2) is 0 Å². The molecule has 0 heterocycles. The molecule has 1 aromatic carbocycles. The minimum absolute atomic E-state index is 0. The SMILES string of the molecule is Clc1cccc(CBr)c1Cl.[Zn]. The number of alkyl halides is 1. The summed E-state index contributed by atoms with van der Waals surface area (Å²) < 4.78 is 0. The van der Waals surface area contributed by atoms with Crippen LogP contribution in [0.1, 0.15) is 5.56 Å². The normalized spacial score (nSPS) is 9.00. The minimum atomic E-state index is 0. The average Bonchev–Trinajstić information content (AvgIpc) is 1.95. The fourth-order valence-corrected chi connectivity index (χ4v) is 1.67. The van der Waals surface area contributed by atoms with Crippen molar-refractivity contribution in [3.05, 3.63) is 33.8 Å². The first-order chi connectivity index (χ1) is 4.75. The van der Waals surface area contributed by atoms with Crippen molar-refractivity contribution in [2.75, 3.05) is 0 Å². The summed E-state index contributed by atoms with van der Waals surface area (Å²) in [4.78, 5) is 0. The number of halogens is 3. The molecule has 11 heavy (non-hydrogen) atoms. The van der Waals surface area contributed by atoms with E-state index in [1.807, 2.05) is 12.1 Å². The molecule has 0 fully saturated rings. The van der Waals surface area contributed by atoms with E-state index >= 15 is 0 Å². The molecule has 0 N–H and O–H groups in total. The zero-order chi connectivity index (χ0) is 7.56. The van der Waals surface area contributed by atoms with Crippen LogP contribution in [0.5, 0.6) is 0 Å². The fraction of sp³-hybridized carbons (Fsp3) is 0.143. The molecule has 0 aromatic heterocycles. The number of benzene rings is 1. The van der Waals surface area contributed by atoms with Gasteiger partial charge >= 0.3 is 0 Å². The summed E-state index contributed by atoms with van der Waals surface area (Å²) in [7, 11) is 0. The topological polar surface area (TPSA) is 0 Å². The third-order valence-electron chi connectivity index (χ3n) is 1.18. The zero-order valence-electron chi connectivity index (χ0n) is 5.78. The van der Waals surface area contributed by atoms with E-state index in [1.165, 1.54) is 0 Å². The van der Waals surface area contributed by atoms with Crippen LogP contribution in [-0.2, 0) is 24.8 Å². The van der Waals surface area contributed by atoms with E-state index in [0.717, 1.165) is 10.9 Å². The molecule has 0 unspecified atom stereocenters. The Balaban J connectivity index is 0.000001000. The molecule has 0 amide bonds. The van der Waals surface area contributed by atoms with Crippen molar-refractivity contribution in [3.8, 4) is 0 Å². The van der Waals surface area contributed by atoms with Crippen LogP contribution in [0.15, 0.2) is 18.2 Å². The van der Waals surface area contributed by atoms with E-state index in [0.29, 0.717) is 10.0 Å². The van der Waals surface area contributed by atoms with Gasteiger partial charge in [0.25, 0.3) is 0 Å². The van der Waals surface area contributed by atoms with E-state index in [4.69, 9.17) is 23.2 Å². The average molecular weight is 305 g/mol. The first-order valence-corrected chi connectivity index (χ1v) is 4.62. The summed E-state index contributed by atoms with van der Waals surface area (Å²) in [5, 5.41) is 1.99. The summed E-state index contributed by atoms with van der Waals surface area (Å²) in [5.41, 5.74) is 1.02. The molecule has 0 saturated carbocycles. The van der Waals surface area contributed by atoms with Gasteiger partial charge in [-0.15, -0.1) is 0 Å². The third kappa shape index (κ3) is 3.02. The van der Waals surface area contributed by atoms with Crippen molar-refractivity contribution in [2.24, 2.45) is 0 Å². The summed E-state index contributed by atoms with van der Waals surface area (Å²) in [6.07, 6.45) is 0. The van der Waals surface area contributed by atoms with Gasteiger partial charge in [-0.3, -0.25) is 0 Å². The standard InChI is InChI=1S/C7H5BrCl2.Zn/c8-4-5-2-1-3-6(9)7(5)10;/h1-3H,4H2;. The number of rotatable bonds is 1. The predicted molar refractivity (Wildman–Crippen MR) is 49.1 cm³/mol. The van der Waals surface area contributed by atoms with Crippen molar-refractivity contribution in [2.45, 2.75) is 5.33 Å². The molecular formula is C7H5BrCl2Zn. The summed E-state index contributed by atoms with van der Waals surface area (Å²) >= 11 is 14.9. The molecule has 0 bridgehead atoms. The maximum absolute atomic E-state index is 5.83. The van der Waals surface area contributed by atoms with E-state index < -0.39 is 0 Å². The molecule has 0 nitrogen and oxygen atoms in total. The van der Waals surface area contributed by atoms with E-state index in [1.54, 1.807) is 6.07 Å². The van der Waals surface area contributed by atoms with Gasteiger partial charge < -0.3 is 0 Å². The molecule has 0 aliphatic carbocycles. The van der Waals surface area contributed by atoms with Crippen molar-refractivity contribution in [1.29, 1.82) is 0 Å². The Labute approximate surface area is 97.2 Å². The van der Waals surface area contributed by atoms with Crippen molar-refractivity contribution < 1.29 is 19.5 Å². The second-order valence-electron chi connectivity index (χ2n) is 1.85. The van der Waals surface area contributed by atoms with E-state index in [-0.39, 0.29) is 19.5 Å². The molecular weight excluding hydrogens is 300 g/mol. The Bertz CT molecular complexity index is 240. The van der Waals surface area contributed by atoms with Crippen LogP contribution in [0.25, 0.3) is 0 Å². The van der Waals surface area contributed by atoms with E-state index in [9.17, 15) is 0 Å². The molecule has 0 saturated heterocycles. The predicted octanol–water partition coefficient (Wildman–Crippen LogP) is 3.89. The molecule has 1 aromatic rings. The molecule has 4 heteroatoms. The van der Waals surface area contributed by atoms with Crippen LogP contribution in [0.4, 0.5) is 0 Å². The second kappa shape index (κ2) is 5.53. The molecule has 0 aliphatic heterocycles. The smallest absolute Gasteiger partial charge is 0.0632 e. The van der Waals surface area contributed by atoms with Crippen molar-refractivity contribution in [3.63, 3.8) is 0 Å². The minimum Gasteiger partial charge on any atom is -0.0876 e. The van der Waals surface area contributed by atoms with Crippen LogP contribution in [-0.4, -0.2) is 0 Å². The second-order valence-corrected chi connectivity index (χ2v) is 3.19. The molecule has 0 aliphatic rings. The third-order valence-corrected chi connectivity index (χ3v) is 2.64. The zero-order valence-corrected chi connectivity index (χ0v) is 11.8. The van der Waals surface area contributed by atoms with Crippen LogP contribution in [0.2, 0.25) is 10.0 Å². The van der Waals surface area contributed by atoms with Crippen LogP contribution in [0.3, 0.4) is 0 Å². The van der Waals surface area contributed by atoms with Crippen molar-refractivity contribution in [1.82, 2.24) is 0 Å². The first kappa shape index (κ1) is 11.9. The Kier molecular flexibility index (Phi) is 5.99. The summed E-state index contributed by atoms with van der Waals surface area (Å²) in [6, 6.07) is 5.59. The Morgan fingerprint density at radius 1 is 1.27 bits per heavy atom. The van der Waals surface area contributed by atoms with Crippen LogP contribution in [0, 0.1) is 0 Å². The van der Waals surface area contributed by atoms with Gasteiger partial charge in [0.2, 0.25) is 0 Å². The molecule has 0 atom stereocenters. The van der Waals surface area contributed by atoms with Gasteiger partial charge in [0.1, 0.15) is 0 Å². The van der Waals surface area contributed by atoms with Gasteiger partial charge in [-0.2, -0.15) is 0 Å². The maximum Gasteiger partial charge on any atom is 0.0632 e. The molecule has 0 radical (unpaired) electrons. The Morgan fingerprint density at radius 2 is 1.91 bits per heavy atom. The summed E-state index contributed by atoms with van der Waals surface area (Å²) in [5.74, 6) is 0. The van der Waals surface area contributed by atoms with Crippen LogP contribution >= 0.6 is 39.1 Å². The van der Waals surface area contributed by atoms with Gasteiger partial charge in [0, 0.05) is 24.8 Å². The first-order valence-electron chi connectivity index (χ1n) is 2.74. The molecule has 0 spiro atoms. The maximum atomic E-state index is 5.83. The van der Waals surface area contributed by atoms with Gasteiger partial charge in [0.05, 0.1) is 10.0 Å². The van der Waals surface area contributed by atoms with Gasteiger partial charge in [0.15, 0.2) is 0 Å². The van der Waals surface area contributed by atoms with Gasteiger partial charge in [-0.1, -0.05) is 51.3 Å². The quantitative estimate of drug-likeness (QED) is 0.545. The van der Waals surface area contributed by atoms with Crippen molar-refractivity contribution >= 4 is 39.1 Å². The molecule has 56 valence electrons. The van der Waals surface area contributed by atoms with E-state index in [2.05, 4.69) is 15.9 Å². The summed E-state index contributed by atoms with van der Waals surface area (Å²) in [6.45, 7) is 0. The Hall–Kier alpha value is 0.903. The largest absolute Gasteiger partial charge is 0.0876 e. The Morgan fingerprint density at radius 3 is 2.36 bits per heavy atom. The number of hydrogen-bond acceptors (Lipinski definition) is 0. The monoisotopic (exact) mass is 302 g/mol. The van der Waals surface area contributed by atoms with Crippen LogP contribution < -0.4 is 0 Å². The molecule has 1 rings (SSSR count).